The SMILES string of the molecule is O=C(CN1C(=O)c2ccccc2C1=O)N1CCN(C(=O)[C@H]2C[C@H]2c2cccs2)CC1. The van der Waals surface area contributed by atoms with Crippen LogP contribution in [0.5, 0.6) is 0 Å². The lowest BCUT2D eigenvalue weighted by Crippen LogP contribution is -2.53. The Hall–Kier alpha value is -3.00. The van der Waals surface area contributed by atoms with Gasteiger partial charge in [0, 0.05) is 42.9 Å². The summed E-state index contributed by atoms with van der Waals surface area (Å²) in [6.07, 6.45) is 0.901. The molecule has 0 bridgehead atoms. The Bertz CT molecular complexity index is 992. The van der Waals surface area contributed by atoms with Crippen molar-refractivity contribution in [1.29, 1.82) is 0 Å². The molecule has 4 amide bonds. The summed E-state index contributed by atoms with van der Waals surface area (Å²) in [5.41, 5.74) is 0.686. The van der Waals surface area contributed by atoms with Crippen molar-refractivity contribution in [3.63, 3.8) is 0 Å². The van der Waals surface area contributed by atoms with Crippen molar-refractivity contribution in [2.24, 2.45) is 5.92 Å². The maximum atomic E-state index is 12.8. The van der Waals surface area contributed by atoms with E-state index < -0.39 is 11.8 Å². The summed E-state index contributed by atoms with van der Waals surface area (Å²) >= 11 is 1.69. The van der Waals surface area contributed by atoms with Crippen molar-refractivity contribution in [3.05, 3.63) is 57.8 Å². The smallest absolute Gasteiger partial charge is 0.262 e. The minimum absolute atomic E-state index is 0.0595. The average Bonchev–Trinajstić information content (AvgIpc) is 3.31. The molecule has 1 saturated carbocycles. The zero-order valence-electron chi connectivity index (χ0n) is 16.3. The topological polar surface area (TPSA) is 78.0 Å². The Morgan fingerprint density at radius 2 is 1.53 bits per heavy atom. The number of carbonyl (C=O) groups is 4. The van der Waals surface area contributed by atoms with Crippen LogP contribution in [0.4, 0.5) is 0 Å². The molecule has 30 heavy (non-hydrogen) atoms. The van der Waals surface area contributed by atoms with Crippen LogP contribution in [0, 0.1) is 5.92 Å². The van der Waals surface area contributed by atoms with Crippen molar-refractivity contribution in [2.45, 2.75) is 12.3 Å². The van der Waals surface area contributed by atoms with Gasteiger partial charge in [0.15, 0.2) is 0 Å². The van der Waals surface area contributed by atoms with E-state index in [2.05, 4.69) is 6.07 Å². The monoisotopic (exact) mass is 423 g/mol. The summed E-state index contributed by atoms with van der Waals surface area (Å²) in [7, 11) is 0. The van der Waals surface area contributed by atoms with Gasteiger partial charge in [0.2, 0.25) is 11.8 Å². The summed E-state index contributed by atoms with van der Waals surface area (Å²) in [5.74, 6) is -0.548. The zero-order chi connectivity index (χ0) is 20.8. The molecule has 0 N–H and O–H groups in total. The summed E-state index contributed by atoms with van der Waals surface area (Å²) < 4.78 is 0. The van der Waals surface area contributed by atoms with Crippen molar-refractivity contribution < 1.29 is 19.2 Å². The third kappa shape index (κ3) is 3.21. The van der Waals surface area contributed by atoms with Gasteiger partial charge in [-0.2, -0.15) is 0 Å². The van der Waals surface area contributed by atoms with Crippen LogP contribution in [0.15, 0.2) is 41.8 Å². The van der Waals surface area contributed by atoms with Gasteiger partial charge in [-0.25, -0.2) is 0 Å². The third-order valence-corrected chi connectivity index (χ3v) is 7.14. The molecule has 8 heteroatoms. The van der Waals surface area contributed by atoms with E-state index in [0.29, 0.717) is 43.2 Å². The highest BCUT2D eigenvalue weighted by Gasteiger charge is 2.47. The first kappa shape index (κ1) is 19.0. The van der Waals surface area contributed by atoms with Crippen molar-refractivity contribution >= 4 is 35.0 Å². The molecule has 2 aliphatic heterocycles. The lowest BCUT2D eigenvalue weighted by atomic mass is 10.1. The average molecular weight is 423 g/mol. The van der Waals surface area contributed by atoms with Gasteiger partial charge >= 0.3 is 0 Å². The summed E-state index contributed by atoms with van der Waals surface area (Å²) in [5, 5.41) is 2.04. The molecule has 7 nitrogen and oxygen atoms in total. The van der Waals surface area contributed by atoms with E-state index in [-0.39, 0.29) is 24.3 Å². The molecule has 3 heterocycles. The van der Waals surface area contributed by atoms with E-state index in [1.807, 2.05) is 16.3 Å². The van der Waals surface area contributed by atoms with Crippen LogP contribution in [0.1, 0.15) is 37.9 Å². The van der Waals surface area contributed by atoms with Gasteiger partial charge in [-0.1, -0.05) is 18.2 Å². The van der Waals surface area contributed by atoms with Crippen LogP contribution >= 0.6 is 11.3 Å². The van der Waals surface area contributed by atoms with Crippen LogP contribution in [0.2, 0.25) is 0 Å². The van der Waals surface area contributed by atoms with Gasteiger partial charge in [-0.05, 0) is 30.0 Å². The Labute approximate surface area is 177 Å². The minimum atomic E-state index is -0.425. The van der Waals surface area contributed by atoms with Crippen LogP contribution in [0.3, 0.4) is 0 Å². The van der Waals surface area contributed by atoms with Gasteiger partial charge in [-0.3, -0.25) is 24.1 Å². The standard InChI is InChI=1S/C22H21N3O4S/c26-19(13-25-21(28)14-4-1-2-5-15(14)22(25)29)23-7-9-24(10-8-23)20(27)17-12-16(17)18-6-3-11-30-18/h1-6,11,16-17H,7-10,12-13H2/t16-,17+/m1/s1. The second kappa shape index (κ2) is 7.36. The predicted molar refractivity (Wildman–Crippen MR) is 110 cm³/mol. The number of thiophene rings is 1. The van der Waals surface area contributed by atoms with E-state index in [1.165, 1.54) is 4.88 Å². The fourth-order valence-electron chi connectivity index (χ4n) is 4.31. The molecule has 1 saturated heterocycles. The maximum Gasteiger partial charge on any atom is 0.262 e. The molecular formula is C22H21N3O4S. The number of hydrogen-bond acceptors (Lipinski definition) is 5. The number of piperazine rings is 1. The Morgan fingerprint density at radius 1 is 0.900 bits per heavy atom. The molecule has 154 valence electrons. The van der Waals surface area contributed by atoms with Crippen LogP contribution < -0.4 is 0 Å². The van der Waals surface area contributed by atoms with Crippen molar-refractivity contribution in [3.8, 4) is 0 Å². The molecule has 1 aliphatic carbocycles. The van der Waals surface area contributed by atoms with Gasteiger partial charge in [0.1, 0.15) is 6.54 Å². The molecule has 2 fully saturated rings. The summed E-state index contributed by atoms with van der Waals surface area (Å²) in [6.45, 7) is 1.55. The first-order valence-electron chi connectivity index (χ1n) is 10.1. The lowest BCUT2D eigenvalue weighted by Gasteiger charge is -2.35. The van der Waals surface area contributed by atoms with Gasteiger partial charge in [0.05, 0.1) is 11.1 Å². The molecule has 3 aliphatic rings. The van der Waals surface area contributed by atoms with Crippen LogP contribution in [-0.4, -0.2) is 71.1 Å². The number of carbonyl (C=O) groups excluding carboxylic acids is 4. The van der Waals surface area contributed by atoms with Gasteiger partial charge < -0.3 is 9.80 Å². The largest absolute Gasteiger partial charge is 0.339 e. The van der Waals surface area contributed by atoms with E-state index in [9.17, 15) is 19.2 Å². The highest BCUT2D eigenvalue weighted by Crippen LogP contribution is 2.50. The van der Waals surface area contributed by atoms with Crippen molar-refractivity contribution in [2.75, 3.05) is 32.7 Å². The number of benzene rings is 1. The quantitative estimate of drug-likeness (QED) is 0.703. The first-order valence-corrected chi connectivity index (χ1v) is 11.0. The number of nitrogens with zero attached hydrogens (tertiary/aromatic N) is 3. The molecular weight excluding hydrogens is 402 g/mol. The van der Waals surface area contributed by atoms with Crippen molar-refractivity contribution in [1.82, 2.24) is 14.7 Å². The van der Waals surface area contributed by atoms with E-state index in [0.717, 1.165) is 11.3 Å². The highest BCUT2D eigenvalue weighted by atomic mass is 32.1. The van der Waals surface area contributed by atoms with E-state index in [4.69, 9.17) is 0 Å². The summed E-state index contributed by atoms with van der Waals surface area (Å²) in [6, 6.07) is 10.7. The summed E-state index contributed by atoms with van der Waals surface area (Å²) in [4.78, 5) is 56.1. The number of fused-ring (bicyclic) bond motifs is 1. The number of hydrogen-bond donors (Lipinski definition) is 0. The molecule has 1 aromatic heterocycles. The Kier molecular flexibility index (Phi) is 4.66. The number of amides is 4. The third-order valence-electron chi connectivity index (χ3n) is 6.13. The second-order valence-corrected chi connectivity index (χ2v) is 8.89. The zero-order valence-corrected chi connectivity index (χ0v) is 17.1. The Morgan fingerprint density at radius 3 is 2.13 bits per heavy atom. The molecule has 1 aromatic carbocycles. The minimum Gasteiger partial charge on any atom is -0.339 e. The van der Waals surface area contributed by atoms with Crippen LogP contribution in [0.25, 0.3) is 0 Å². The second-order valence-electron chi connectivity index (χ2n) is 7.91. The fourth-order valence-corrected chi connectivity index (χ4v) is 5.22. The van der Waals surface area contributed by atoms with Gasteiger partial charge in [-0.15, -0.1) is 11.3 Å². The van der Waals surface area contributed by atoms with Gasteiger partial charge in [0.25, 0.3) is 11.8 Å². The predicted octanol–water partition coefficient (Wildman–Crippen LogP) is 1.82. The first-order chi connectivity index (χ1) is 14.5. The molecule has 0 unspecified atom stereocenters. The maximum absolute atomic E-state index is 12.8. The number of rotatable bonds is 4. The lowest BCUT2D eigenvalue weighted by molar-refractivity contribution is -0.140. The molecule has 0 radical (unpaired) electrons. The molecule has 2 atom stereocenters. The Balaban J connectivity index is 1.15. The van der Waals surface area contributed by atoms with Crippen LogP contribution in [-0.2, 0) is 9.59 Å². The van der Waals surface area contributed by atoms with E-state index in [1.54, 1.807) is 40.5 Å². The normalized spacial score (nSPS) is 23.0. The molecule has 2 aromatic rings. The molecule has 0 spiro atoms. The fraction of sp³-hybridized carbons (Fsp3) is 0.364. The molecule has 5 rings (SSSR count). The number of imide groups is 1. The highest BCUT2D eigenvalue weighted by molar-refractivity contribution is 7.10. The van der Waals surface area contributed by atoms with E-state index >= 15 is 0 Å².